The summed E-state index contributed by atoms with van der Waals surface area (Å²) in [6.07, 6.45) is 1.23. The van der Waals surface area contributed by atoms with E-state index in [0.29, 0.717) is 13.1 Å². The van der Waals surface area contributed by atoms with E-state index in [4.69, 9.17) is 10.6 Å². The van der Waals surface area contributed by atoms with Crippen LogP contribution in [0.15, 0.2) is 11.0 Å². The van der Waals surface area contributed by atoms with Crippen LogP contribution >= 0.6 is 0 Å². The van der Waals surface area contributed by atoms with Crippen LogP contribution < -0.4 is 36.7 Å². The van der Waals surface area contributed by atoms with Crippen molar-refractivity contribution in [2.24, 2.45) is 5.84 Å². The maximum Gasteiger partial charge on any atom is 0.341 e. The molecule has 11 heteroatoms. The highest BCUT2D eigenvalue weighted by Crippen LogP contribution is 2.44. The number of carboxylic acids is 1. The summed E-state index contributed by atoms with van der Waals surface area (Å²) in [5.41, 5.74) is 1.18. The fourth-order valence-electron chi connectivity index (χ4n) is 4.20. The van der Waals surface area contributed by atoms with Gasteiger partial charge in [0.15, 0.2) is 18.3 Å². The minimum atomic E-state index is -1.40. The van der Waals surface area contributed by atoms with Crippen LogP contribution in [0.5, 0.6) is 5.75 Å². The van der Waals surface area contributed by atoms with Gasteiger partial charge in [-0.25, -0.2) is 9.18 Å². The maximum atomic E-state index is 15.7. The Morgan fingerprint density at radius 3 is 2.62 bits per heavy atom. The average molecular weight is 406 g/mol. The van der Waals surface area contributed by atoms with Crippen molar-refractivity contribution in [3.8, 4) is 5.75 Å². The molecule has 10 nitrogen and oxygen atoms in total. The van der Waals surface area contributed by atoms with Gasteiger partial charge < -0.3 is 25.5 Å². The number of piperazine rings is 1. The Kier molecular flexibility index (Phi) is 4.50. The number of pyridine rings is 1. The lowest BCUT2D eigenvalue weighted by atomic mass is 10.0. The molecule has 0 bridgehead atoms. The molecule has 4 rings (SSSR count). The third-order valence-electron chi connectivity index (χ3n) is 5.31. The first-order valence-electron chi connectivity index (χ1n) is 9.24. The molecule has 0 saturated carbocycles. The number of nitrogens with zero attached hydrogens (tertiary/aromatic N) is 3. The number of ether oxygens (including phenoxy) is 1. The third-order valence-corrected chi connectivity index (χ3v) is 5.31. The quantitative estimate of drug-likeness (QED) is 0.419. The van der Waals surface area contributed by atoms with E-state index in [-0.39, 0.29) is 46.8 Å². The van der Waals surface area contributed by atoms with Crippen LogP contribution in [0, 0.1) is 5.82 Å². The summed E-state index contributed by atoms with van der Waals surface area (Å²) in [7, 11) is 1.67. The lowest BCUT2D eigenvalue weighted by molar-refractivity contribution is 0.0694. The Balaban J connectivity index is 2.11. The summed E-state index contributed by atoms with van der Waals surface area (Å²) >= 11 is 0. The van der Waals surface area contributed by atoms with E-state index >= 15 is 4.39 Å². The molecule has 1 aromatic carbocycles. The van der Waals surface area contributed by atoms with Crippen molar-refractivity contribution in [1.29, 1.82) is 0 Å². The Hall–Kier alpha value is -3.05. The molecule has 2 unspecified atom stereocenters. The second kappa shape index (κ2) is 6.78. The second-order valence-electron chi connectivity index (χ2n) is 7.56. The summed E-state index contributed by atoms with van der Waals surface area (Å²) in [6, 6.07) is 0.219. The Bertz CT molecular complexity index is 1060. The lowest BCUT2D eigenvalue weighted by Gasteiger charge is -2.40. The molecule has 1 fully saturated rings. The van der Waals surface area contributed by atoms with E-state index < -0.39 is 22.8 Å². The number of rotatable bonds is 3. The van der Waals surface area contributed by atoms with Gasteiger partial charge in [-0.2, -0.15) is 0 Å². The molecule has 1 saturated heterocycles. The van der Waals surface area contributed by atoms with Crippen molar-refractivity contribution in [3.63, 3.8) is 0 Å². The SMILES string of the molecule is CC1CN(c2c(F)c(NN)c3c(=O)c(C(=O)O)cn4c3c2OCN4C)CC(C)N1. The number of hydrogen-bond acceptors (Lipinski definition) is 8. The minimum Gasteiger partial charge on any atom is -0.477 e. The molecule has 2 aliphatic heterocycles. The number of nitrogens with one attached hydrogen (secondary N) is 2. The number of aromatic carboxylic acids is 1. The van der Waals surface area contributed by atoms with Gasteiger partial charge in [0.05, 0.1) is 5.39 Å². The summed E-state index contributed by atoms with van der Waals surface area (Å²) < 4.78 is 23.0. The number of carboxylic acid groups (broad SMARTS) is 1. The van der Waals surface area contributed by atoms with Crippen LogP contribution in [-0.4, -0.2) is 54.7 Å². The van der Waals surface area contributed by atoms with Crippen LogP contribution in [-0.2, 0) is 0 Å². The first-order chi connectivity index (χ1) is 13.7. The van der Waals surface area contributed by atoms with Crippen molar-refractivity contribution in [2.75, 3.05) is 42.2 Å². The normalized spacial score (nSPS) is 21.3. The number of aromatic nitrogens is 1. The monoisotopic (exact) mass is 406 g/mol. The number of anilines is 2. The van der Waals surface area contributed by atoms with Crippen molar-refractivity contribution < 1.29 is 19.0 Å². The van der Waals surface area contributed by atoms with Crippen molar-refractivity contribution in [2.45, 2.75) is 25.9 Å². The number of benzene rings is 1. The molecular weight excluding hydrogens is 383 g/mol. The van der Waals surface area contributed by atoms with Crippen molar-refractivity contribution >= 4 is 28.2 Å². The van der Waals surface area contributed by atoms with Gasteiger partial charge in [-0.3, -0.25) is 20.3 Å². The van der Waals surface area contributed by atoms with Gasteiger partial charge in [-0.15, -0.1) is 0 Å². The van der Waals surface area contributed by atoms with Crippen LogP contribution in [0.25, 0.3) is 10.9 Å². The van der Waals surface area contributed by atoms with E-state index in [0.717, 1.165) is 0 Å². The van der Waals surface area contributed by atoms with Gasteiger partial charge in [0.1, 0.15) is 22.5 Å². The van der Waals surface area contributed by atoms with Gasteiger partial charge >= 0.3 is 5.97 Å². The molecule has 1 aromatic heterocycles. The third kappa shape index (κ3) is 2.85. The van der Waals surface area contributed by atoms with Crippen molar-refractivity contribution in [3.05, 3.63) is 27.8 Å². The first kappa shape index (κ1) is 19.3. The molecule has 2 atom stereocenters. The molecule has 0 radical (unpaired) electrons. The van der Waals surface area contributed by atoms with Gasteiger partial charge in [0.25, 0.3) is 0 Å². The largest absolute Gasteiger partial charge is 0.477 e. The zero-order valence-corrected chi connectivity index (χ0v) is 16.3. The Morgan fingerprint density at radius 2 is 2.03 bits per heavy atom. The van der Waals surface area contributed by atoms with Gasteiger partial charge in [-0.05, 0) is 13.8 Å². The van der Waals surface area contributed by atoms with Crippen LogP contribution in [0.4, 0.5) is 15.8 Å². The number of carbonyl (C=O) groups is 1. The topological polar surface area (TPSA) is 125 Å². The number of halogens is 1. The minimum absolute atomic E-state index is 0.0586. The summed E-state index contributed by atoms with van der Waals surface area (Å²) in [6.45, 7) is 5.11. The number of hydrazine groups is 1. The zero-order chi connectivity index (χ0) is 21.0. The summed E-state index contributed by atoms with van der Waals surface area (Å²) in [5.74, 6) is 3.64. The average Bonchev–Trinajstić information content (AvgIpc) is 2.64. The standard InChI is InChI=1S/C18H23FN6O4/c1-8-4-24(5-9(2)21-8)15-12(19)13(22-20)11-14-17(15)29-7-23(3)25(14)6-10(16(11)26)18(27)28/h6,8-9,21-22H,4-5,7,20H2,1-3H3,(H,27,28). The van der Waals surface area contributed by atoms with E-state index in [1.807, 2.05) is 18.7 Å². The summed E-state index contributed by atoms with van der Waals surface area (Å²) in [5, 5.41) is 14.3. The molecule has 2 aliphatic rings. The van der Waals surface area contributed by atoms with E-state index in [9.17, 15) is 14.7 Å². The number of hydrogen-bond donors (Lipinski definition) is 4. The van der Waals surface area contributed by atoms with Crippen LogP contribution in [0.1, 0.15) is 24.2 Å². The zero-order valence-electron chi connectivity index (χ0n) is 16.3. The van der Waals surface area contributed by atoms with E-state index in [1.54, 1.807) is 12.1 Å². The van der Waals surface area contributed by atoms with E-state index in [1.165, 1.54) is 10.9 Å². The highest BCUT2D eigenvalue weighted by molar-refractivity contribution is 6.04. The van der Waals surface area contributed by atoms with Crippen LogP contribution in [0.2, 0.25) is 0 Å². The first-order valence-corrected chi connectivity index (χ1v) is 9.24. The van der Waals surface area contributed by atoms with Gasteiger partial charge in [0.2, 0.25) is 5.43 Å². The molecule has 0 spiro atoms. The van der Waals surface area contributed by atoms with Crippen molar-refractivity contribution in [1.82, 2.24) is 9.99 Å². The molecule has 156 valence electrons. The molecule has 5 N–H and O–H groups in total. The second-order valence-corrected chi connectivity index (χ2v) is 7.56. The molecule has 29 heavy (non-hydrogen) atoms. The lowest BCUT2D eigenvalue weighted by Crippen LogP contribution is -2.54. The number of nitrogens with two attached hydrogens (primary N) is 1. The molecule has 0 amide bonds. The van der Waals surface area contributed by atoms with Crippen LogP contribution in [0.3, 0.4) is 0 Å². The molecule has 2 aromatic rings. The Labute approximate surface area is 165 Å². The molecular formula is C18H23FN6O4. The highest BCUT2D eigenvalue weighted by Gasteiger charge is 2.34. The summed E-state index contributed by atoms with van der Waals surface area (Å²) in [4.78, 5) is 26.3. The van der Waals surface area contributed by atoms with E-state index in [2.05, 4.69) is 10.7 Å². The fourth-order valence-corrected chi connectivity index (χ4v) is 4.20. The predicted octanol–water partition coefficient (Wildman–Crippen LogP) is 0.229. The molecule has 3 heterocycles. The maximum absolute atomic E-state index is 15.7. The Morgan fingerprint density at radius 1 is 1.38 bits per heavy atom. The number of nitrogen functional groups attached to an aromatic ring is 1. The smallest absolute Gasteiger partial charge is 0.341 e. The molecule has 0 aliphatic carbocycles. The fraction of sp³-hybridized carbons (Fsp3) is 0.444. The van der Waals surface area contributed by atoms with Gasteiger partial charge in [0, 0.05) is 38.4 Å². The van der Waals surface area contributed by atoms with Gasteiger partial charge in [-0.1, -0.05) is 0 Å². The predicted molar refractivity (Wildman–Crippen MR) is 107 cm³/mol. The highest BCUT2D eigenvalue weighted by atomic mass is 19.1.